The predicted octanol–water partition coefficient (Wildman–Crippen LogP) is 5.79. The molecule has 1 aliphatic rings. The molecule has 1 aromatic heterocycles. The lowest BCUT2D eigenvalue weighted by Gasteiger charge is -2.13. The highest BCUT2D eigenvalue weighted by atomic mass is 35.5. The topological polar surface area (TPSA) is 44.5 Å². The third-order valence-corrected chi connectivity index (χ3v) is 5.69. The molecule has 2 N–H and O–H groups in total. The summed E-state index contributed by atoms with van der Waals surface area (Å²) in [5, 5.41) is 2.14. The van der Waals surface area contributed by atoms with E-state index < -0.39 is 5.56 Å². The summed E-state index contributed by atoms with van der Waals surface area (Å²) < 4.78 is 12.0. The number of halogens is 1. The number of alkyl halides is 1. The Hall–Kier alpha value is -1.85. The summed E-state index contributed by atoms with van der Waals surface area (Å²) in [5.41, 5.74) is 9.38. The van der Waals surface area contributed by atoms with E-state index in [2.05, 4.69) is 17.5 Å². The van der Waals surface area contributed by atoms with Crippen molar-refractivity contribution in [1.29, 1.82) is 0 Å². The first kappa shape index (κ1) is 16.6. The van der Waals surface area contributed by atoms with Gasteiger partial charge in [0.2, 0.25) is 0 Å². The highest BCUT2D eigenvalue weighted by Crippen LogP contribution is 2.52. The van der Waals surface area contributed by atoms with Gasteiger partial charge in [-0.25, -0.2) is 0 Å². The molecule has 0 spiro atoms. The van der Waals surface area contributed by atoms with Gasteiger partial charge in [0.1, 0.15) is 11.5 Å². The monoisotopic (exact) mass is 371 g/mol. The molecular weight excluding hydrogens is 354 g/mol. The van der Waals surface area contributed by atoms with Crippen molar-refractivity contribution in [3.63, 3.8) is 0 Å². The smallest absolute Gasteiger partial charge is 0.166 e. The average Bonchev–Trinajstić information content (AvgIpc) is 3.02. The van der Waals surface area contributed by atoms with Crippen molar-refractivity contribution in [3.8, 4) is 33.8 Å². The molecule has 25 heavy (non-hydrogen) atoms. The van der Waals surface area contributed by atoms with Crippen LogP contribution in [0, 0.1) is 0 Å². The molecule has 0 saturated carbocycles. The zero-order chi connectivity index (χ0) is 17.2. The van der Waals surface area contributed by atoms with Crippen LogP contribution in [0.25, 0.3) is 22.3 Å². The Labute approximate surface area is 156 Å². The van der Waals surface area contributed by atoms with Gasteiger partial charge in [-0.15, -0.1) is 11.3 Å². The van der Waals surface area contributed by atoms with E-state index >= 15 is 0 Å². The molecule has 0 radical (unpaired) electrons. The second-order valence-electron chi connectivity index (χ2n) is 5.81. The van der Waals surface area contributed by atoms with E-state index in [-0.39, 0.29) is 0 Å². The lowest BCUT2D eigenvalue weighted by molar-refractivity contribution is 0.110. The third-order valence-electron chi connectivity index (χ3n) is 4.19. The number of hydrogen-bond donors (Lipinski definition) is 1. The second-order valence-corrected chi connectivity index (χ2v) is 7.12. The van der Waals surface area contributed by atoms with Gasteiger partial charge in [-0.2, -0.15) is 0 Å². The minimum Gasteiger partial charge on any atom is -0.456 e. The van der Waals surface area contributed by atoms with Crippen LogP contribution in [0.3, 0.4) is 0 Å². The molecule has 3 nitrogen and oxygen atoms in total. The van der Waals surface area contributed by atoms with Crippen molar-refractivity contribution in [2.45, 2.75) is 12.0 Å². The minimum absolute atomic E-state index is 0.501. The maximum atomic E-state index is 6.57. The molecule has 3 aromatic rings. The fourth-order valence-electron chi connectivity index (χ4n) is 3.02. The van der Waals surface area contributed by atoms with Gasteiger partial charge < -0.3 is 15.2 Å². The minimum atomic E-state index is -0.501. The van der Waals surface area contributed by atoms with Crippen LogP contribution < -0.4 is 10.5 Å². The summed E-state index contributed by atoms with van der Waals surface area (Å²) in [6.07, 6.45) is 0.791. The predicted molar refractivity (Wildman–Crippen MR) is 103 cm³/mol. The number of benzene rings is 2. The number of nitrogens with two attached hydrogens (primary N) is 1. The second kappa shape index (κ2) is 7.18. The summed E-state index contributed by atoms with van der Waals surface area (Å²) in [6.45, 7) is 1.14. The molecule has 5 heteroatoms. The molecule has 0 aliphatic carbocycles. The maximum absolute atomic E-state index is 6.57. The standard InChI is InChI=1S/C20H18ClNO2S/c21-20(23-11-5-10-22)19-18-14-7-2-4-9-17(14)24-16-8-3-1-6-13(16)15(18)12-25-19/h1-4,6-9,12,20H,5,10-11,22H2. The molecule has 128 valence electrons. The van der Waals surface area contributed by atoms with Gasteiger partial charge in [0.05, 0.1) is 11.5 Å². The molecule has 2 aromatic carbocycles. The molecule has 0 bridgehead atoms. The number of fused-ring (bicyclic) bond motifs is 5. The van der Waals surface area contributed by atoms with Crippen LogP contribution in [-0.2, 0) is 4.74 Å². The number of hydrogen-bond acceptors (Lipinski definition) is 4. The number of para-hydroxylation sites is 2. The zero-order valence-electron chi connectivity index (χ0n) is 13.6. The molecule has 1 unspecified atom stereocenters. The van der Waals surface area contributed by atoms with Crippen LogP contribution in [-0.4, -0.2) is 13.2 Å². The van der Waals surface area contributed by atoms with Gasteiger partial charge in [0.25, 0.3) is 0 Å². The number of ether oxygens (including phenoxy) is 2. The van der Waals surface area contributed by atoms with E-state index in [9.17, 15) is 0 Å². The quantitative estimate of drug-likeness (QED) is 0.356. The van der Waals surface area contributed by atoms with Gasteiger partial charge in [-0.3, -0.25) is 0 Å². The van der Waals surface area contributed by atoms with E-state index in [1.54, 1.807) is 11.3 Å². The van der Waals surface area contributed by atoms with E-state index in [1.807, 2.05) is 36.4 Å². The van der Waals surface area contributed by atoms with Crippen molar-refractivity contribution in [1.82, 2.24) is 0 Å². The van der Waals surface area contributed by atoms with Gasteiger partial charge in [0.15, 0.2) is 5.56 Å². The van der Waals surface area contributed by atoms with Crippen LogP contribution in [0.15, 0.2) is 53.9 Å². The molecule has 4 rings (SSSR count). The van der Waals surface area contributed by atoms with Crippen molar-refractivity contribution < 1.29 is 9.47 Å². The first-order chi connectivity index (χ1) is 12.3. The highest BCUT2D eigenvalue weighted by Gasteiger charge is 2.27. The van der Waals surface area contributed by atoms with Crippen molar-refractivity contribution in [2.24, 2.45) is 5.73 Å². The fourth-order valence-corrected chi connectivity index (χ4v) is 4.38. The molecule has 0 amide bonds. The Morgan fingerprint density at radius 3 is 2.44 bits per heavy atom. The molecule has 1 aliphatic heterocycles. The summed E-state index contributed by atoms with van der Waals surface area (Å²) in [6, 6.07) is 16.1. The zero-order valence-corrected chi connectivity index (χ0v) is 15.1. The van der Waals surface area contributed by atoms with Crippen molar-refractivity contribution >= 4 is 22.9 Å². The van der Waals surface area contributed by atoms with Crippen LogP contribution in [0.2, 0.25) is 0 Å². The number of rotatable bonds is 5. The van der Waals surface area contributed by atoms with Gasteiger partial charge in [0, 0.05) is 22.3 Å². The van der Waals surface area contributed by atoms with Crippen molar-refractivity contribution in [2.75, 3.05) is 13.2 Å². The molecule has 2 heterocycles. The summed E-state index contributed by atoms with van der Waals surface area (Å²) in [7, 11) is 0. The largest absolute Gasteiger partial charge is 0.456 e. The van der Waals surface area contributed by atoms with Gasteiger partial charge in [-0.1, -0.05) is 48.0 Å². The average molecular weight is 372 g/mol. The molecule has 0 saturated heterocycles. The normalized spacial score (nSPS) is 13.2. The lowest BCUT2D eigenvalue weighted by Crippen LogP contribution is -2.05. The first-order valence-corrected chi connectivity index (χ1v) is 9.55. The van der Waals surface area contributed by atoms with E-state index in [4.69, 9.17) is 26.8 Å². The van der Waals surface area contributed by atoms with E-state index in [0.717, 1.165) is 45.1 Å². The Morgan fingerprint density at radius 1 is 1.00 bits per heavy atom. The molecular formula is C20H18ClNO2S. The SMILES string of the molecule is NCCCOC(Cl)c1scc2c1-c1ccccc1Oc1ccccc1-2. The van der Waals surface area contributed by atoms with Gasteiger partial charge in [-0.05, 0) is 30.5 Å². The maximum Gasteiger partial charge on any atom is 0.166 e. The van der Waals surface area contributed by atoms with Crippen molar-refractivity contribution in [3.05, 3.63) is 58.8 Å². The highest BCUT2D eigenvalue weighted by molar-refractivity contribution is 7.11. The molecule has 0 fully saturated rings. The summed E-state index contributed by atoms with van der Waals surface area (Å²) in [4.78, 5) is 1.00. The first-order valence-electron chi connectivity index (χ1n) is 8.23. The van der Waals surface area contributed by atoms with Crippen LogP contribution in [0.5, 0.6) is 11.5 Å². The van der Waals surface area contributed by atoms with Crippen LogP contribution in [0.1, 0.15) is 16.9 Å². The fraction of sp³-hybridized carbons (Fsp3) is 0.200. The van der Waals surface area contributed by atoms with E-state index in [0.29, 0.717) is 13.2 Å². The van der Waals surface area contributed by atoms with Crippen LogP contribution in [0.4, 0.5) is 0 Å². The van der Waals surface area contributed by atoms with Gasteiger partial charge >= 0.3 is 0 Å². The Balaban J connectivity index is 1.86. The Kier molecular flexibility index (Phi) is 4.77. The third kappa shape index (κ3) is 3.07. The lowest BCUT2D eigenvalue weighted by atomic mass is 9.97. The molecule has 1 atom stereocenters. The summed E-state index contributed by atoms with van der Waals surface area (Å²) >= 11 is 8.20. The Bertz CT molecular complexity index is 893. The van der Waals surface area contributed by atoms with Crippen LogP contribution >= 0.6 is 22.9 Å². The van der Waals surface area contributed by atoms with E-state index in [1.165, 1.54) is 0 Å². The number of thiophene rings is 1. The Morgan fingerprint density at radius 2 is 1.68 bits per heavy atom. The summed E-state index contributed by atoms with van der Waals surface area (Å²) in [5.74, 6) is 1.69.